The molecule has 2 saturated heterocycles. The van der Waals surface area contributed by atoms with Crippen molar-refractivity contribution in [3.8, 4) is 0 Å². The molecular weight excluding hydrogens is 561 g/mol. The van der Waals surface area contributed by atoms with E-state index in [0.717, 1.165) is 24.8 Å². The summed E-state index contributed by atoms with van der Waals surface area (Å²) in [5.74, 6) is 0.495. The summed E-state index contributed by atoms with van der Waals surface area (Å²) in [4.78, 5) is 16.4. The van der Waals surface area contributed by atoms with Gasteiger partial charge in [-0.2, -0.15) is 4.98 Å². The van der Waals surface area contributed by atoms with E-state index in [1.165, 1.54) is 16.8 Å². The molecule has 3 N–H and O–H groups in total. The van der Waals surface area contributed by atoms with Gasteiger partial charge in [0.25, 0.3) is 0 Å². The van der Waals surface area contributed by atoms with Crippen LogP contribution in [0.3, 0.4) is 0 Å². The van der Waals surface area contributed by atoms with Crippen molar-refractivity contribution >= 4 is 43.0 Å². The SMILES string of the molecule is C=C(C)[C@H]1CC[C@@]2(C)SP(=S)(O[C@H]3[C@@H](O)[C@H](n4ccc(N)nc4=O)O[C@@H]3CO[Si](C)(C)C(C)(C)C)O[C@@H]2C1. The van der Waals surface area contributed by atoms with Gasteiger partial charge in [-0.25, -0.2) is 4.79 Å². The van der Waals surface area contributed by atoms with Gasteiger partial charge in [0.15, 0.2) is 14.5 Å². The van der Waals surface area contributed by atoms with Crippen molar-refractivity contribution < 1.29 is 23.3 Å². The fourth-order valence-electron chi connectivity index (χ4n) is 4.92. The van der Waals surface area contributed by atoms with Gasteiger partial charge in [-0.05, 0) is 75.0 Å². The van der Waals surface area contributed by atoms with Crippen molar-refractivity contribution in [3.05, 3.63) is 34.9 Å². The molecule has 0 aromatic carbocycles. The summed E-state index contributed by atoms with van der Waals surface area (Å²) in [6, 6.07) is 1.49. The maximum atomic E-state index is 12.6. The maximum Gasteiger partial charge on any atom is 0.351 e. The maximum absolute atomic E-state index is 12.6. The molecule has 1 aliphatic carbocycles. The number of aliphatic hydroxyl groups is 1. The fraction of sp³-hybridized carbons (Fsp3) is 0.760. The van der Waals surface area contributed by atoms with Crippen LogP contribution in [-0.4, -0.2) is 58.7 Å². The lowest BCUT2D eigenvalue weighted by Crippen LogP contribution is -2.45. The third-order valence-electron chi connectivity index (χ3n) is 8.54. The zero-order chi connectivity index (χ0) is 28.3. The van der Waals surface area contributed by atoms with Crippen LogP contribution in [0.15, 0.2) is 29.2 Å². The van der Waals surface area contributed by atoms with E-state index in [4.69, 9.17) is 35.8 Å². The van der Waals surface area contributed by atoms with Gasteiger partial charge in [-0.15, -0.1) is 0 Å². The molecule has 3 fully saturated rings. The molecule has 2 aliphatic heterocycles. The van der Waals surface area contributed by atoms with Crippen molar-refractivity contribution in [2.24, 2.45) is 5.92 Å². The second-order valence-electron chi connectivity index (χ2n) is 12.5. The topological polar surface area (TPSA) is 118 Å². The van der Waals surface area contributed by atoms with Gasteiger partial charge in [0.2, 0.25) is 5.69 Å². The number of anilines is 1. The second-order valence-corrected chi connectivity index (χ2v) is 23.9. The molecule has 13 heteroatoms. The predicted molar refractivity (Wildman–Crippen MR) is 158 cm³/mol. The Morgan fingerprint density at radius 1 is 1.47 bits per heavy atom. The third kappa shape index (κ3) is 6.04. The number of aliphatic hydroxyl groups excluding tert-OH is 1. The van der Waals surface area contributed by atoms with Gasteiger partial charge in [0, 0.05) is 10.9 Å². The highest BCUT2D eigenvalue weighted by Gasteiger charge is 2.56. The van der Waals surface area contributed by atoms with Crippen molar-refractivity contribution in [2.75, 3.05) is 12.3 Å². The second kappa shape index (κ2) is 10.7. The molecule has 3 aliphatic rings. The molecule has 0 amide bonds. The van der Waals surface area contributed by atoms with E-state index in [2.05, 4.69) is 59.3 Å². The normalized spacial score (nSPS) is 37.8. The molecule has 38 heavy (non-hydrogen) atoms. The molecule has 0 radical (unpaired) electrons. The lowest BCUT2D eigenvalue weighted by Gasteiger charge is -2.37. The highest BCUT2D eigenvalue weighted by molar-refractivity contribution is 8.68. The number of aromatic nitrogens is 2. The zero-order valence-corrected chi connectivity index (χ0v) is 26.9. The van der Waals surface area contributed by atoms with Gasteiger partial charge >= 0.3 is 5.69 Å². The third-order valence-corrected chi connectivity index (χ3v) is 18.8. The minimum absolute atomic E-state index is 0.0153. The Balaban J connectivity index is 1.59. The molecule has 1 aromatic rings. The number of allylic oxidation sites excluding steroid dienone is 1. The molecular formula is C25H42N3O6PS2Si. The van der Waals surface area contributed by atoms with E-state index in [-0.39, 0.29) is 28.3 Å². The molecule has 1 aromatic heterocycles. The summed E-state index contributed by atoms with van der Waals surface area (Å²) in [7, 11) is -2.14. The Morgan fingerprint density at radius 3 is 2.76 bits per heavy atom. The molecule has 4 rings (SSSR count). The van der Waals surface area contributed by atoms with Crippen LogP contribution in [0.2, 0.25) is 18.1 Å². The van der Waals surface area contributed by atoms with Crippen LogP contribution in [0.5, 0.6) is 0 Å². The average Bonchev–Trinajstić information content (AvgIpc) is 3.23. The molecule has 214 valence electrons. The average molecular weight is 604 g/mol. The van der Waals surface area contributed by atoms with Gasteiger partial charge in [-0.1, -0.05) is 44.3 Å². The molecule has 0 bridgehead atoms. The molecule has 1 unspecified atom stereocenters. The lowest BCUT2D eigenvalue weighted by atomic mass is 9.77. The van der Waals surface area contributed by atoms with Crippen molar-refractivity contribution in [1.29, 1.82) is 0 Å². The van der Waals surface area contributed by atoms with Gasteiger partial charge in [0.1, 0.15) is 24.1 Å². The van der Waals surface area contributed by atoms with Gasteiger partial charge < -0.3 is 29.1 Å². The Morgan fingerprint density at radius 2 is 2.16 bits per heavy atom. The first kappa shape index (κ1) is 30.4. The fourth-order valence-corrected chi connectivity index (χ4v) is 13.5. The van der Waals surface area contributed by atoms with Gasteiger partial charge in [-0.3, -0.25) is 4.57 Å². The largest absolute Gasteiger partial charge is 0.414 e. The first-order chi connectivity index (χ1) is 17.4. The van der Waals surface area contributed by atoms with Crippen molar-refractivity contribution in [2.45, 2.75) is 107 Å². The number of nitrogens with two attached hydrogens (primary N) is 1. The van der Waals surface area contributed by atoms with E-state index in [0.29, 0.717) is 5.92 Å². The molecule has 3 heterocycles. The van der Waals surface area contributed by atoms with E-state index in [9.17, 15) is 9.90 Å². The van der Waals surface area contributed by atoms with E-state index >= 15 is 0 Å². The smallest absolute Gasteiger partial charge is 0.351 e. The Kier molecular flexibility index (Phi) is 8.55. The zero-order valence-electron chi connectivity index (χ0n) is 23.4. The number of hydrogen-bond donors (Lipinski definition) is 2. The van der Waals surface area contributed by atoms with Crippen LogP contribution in [0.1, 0.15) is 60.1 Å². The summed E-state index contributed by atoms with van der Waals surface area (Å²) in [6.45, 7) is 19.4. The number of rotatable bonds is 7. The van der Waals surface area contributed by atoms with Crippen molar-refractivity contribution in [3.63, 3.8) is 0 Å². The summed E-state index contributed by atoms with van der Waals surface area (Å²) >= 11 is 7.62. The number of ether oxygens (including phenoxy) is 1. The summed E-state index contributed by atoms with van der Waals surface area (Å²) in [6.07, 6.45) is 0.581. The van der Waals surface area contributed by atoms with Crippen molar-refractivity contribution in [1.82, 2.24) is 9.55 Å². The standard InChI is InChI=1S/C25H42N3O6PS2Si/c1-15(2)16-9-11-25(6)18(13-16)33-35(36,37-25)34-21-17(14-31-38(7,8)24(3,4)5)32-22(20(21)29)28-12-10-19(26)27-23(28)30/h10,12,16-18,20-22,29H,1,9,11,13-14H2,2-8H3,(H2,26,27,30)/t16-,17+,18+,20+,21+,22+,25+,35?/m0/s1. The highest BCUT2D eigenvalue weighted by Crippen LogP contribution is 2.76. The minimum Gasteiger partial charge on any atom is -0.414 e. The van der Waals surface area contributed by atoms with Crippen LogP contribution < -0.4 is 11.4 Å². The number of nitrogen functional groups attached to an aromatic ring is 1. The highest BCUT2D eigenvalue weighted by atomic mass is 32.9. The van der Waals surface area contributed by atoms with Crippen LogP contribution in [0.4, 0.5) is 5.82 Å². The summed E-state index contributed by atoms with van der Waals surface area (Å²) in [5, 5.41) is 11.4. The summed E-state index contributed by atoms with van der Waals surface area (Å²) < 4.78 is 26.8. The minimum atomic E-state index is -2.84. The number of nitrogens with zero attached hydrogens (tertiary/aromatic N) is 2. The van der Waals surface area contributed by atoms with E-state index in [1.807, 2.05) is 0 Å². The Bertz CT molecular complexity index is 1180. The molecule has 9 nitrogen and oxygen atoms in total. The monoisotopic (exact) mass is 603 g/mol. The lowest BCUT2D eigenvalue weighted by molar-refractivity contribution is -0.0526. The summed E-state index contributed by atoms with van der Waals surface area (Å²) in [5.41, 5.74) is 3.38. The first-order valence-corrected chi connectivity index (χ1v) is 20.1. The van der Waals surface area contributed by atoms with E-state index in [1.54, 1.807) is 11.4 Å². The van der Waals surface area contributed by atoms with E-state index < -0.39 is 44.2 Å². The first-order valence-electron chi connectivity index (χ1n) is 13.1. The number of hydrogen-bond acceptors (Lipinski definition) is 10. The van der Waals surface area contributed by atoms with Crippen LogP contribution in [0, 0.1) is 5.92 Å². The van der Waals surface area contributed by atoms with Crippen LogP contribution in [-0.2, 0) is 30.0 Å². The Labute approximate surface area is 235 Å². The van der Waals surface area contributed by atoms with Crippen LogP contribution in [0.25, 0.3) is 0 Å². The van der Waals surface area contributed by atoms with Gasteiger partial charge in [0.05, 0.1) is 12.7 Å². The molecule has 0 spiro atoms. The molecule has 1 saturated carbocycles. The quantitative estimate of drug-likeness (QED) is 0.251. The molecule has 8 atom stereocenters. The Hall–Kier alpha value is -0.563. The number of fused-ring (bicyclic) bond motifs is 1. The van der Waals surface area contributed by atoms with Crippen LogP contribution >= 0.6 is 17.1 Å². The predicted octanol–water partition coefficient (Wildman–Crippen LogP) is 4.98.